The molecule has 0 radical (unpaired) electrons. The van der Waals surface area contributed by atoms with Gasteiger partial charge in [-0.25, -0.2) is 4.79 Å². The molecular formula is C29H30BrN3O5. The lowest BCUT2D eigenvalue weighted by molar-refractivity contribution is 0.0393. The fraction of sp³-hybridized carbons (Fsp3) is 0.310. The number of phenolic OH excluding ortho intramolecular Hbond substituents is 1. The van der Waals surface area contributed by atoms with Crippen LogP contribution < -0.4 is 5.32 Å². The molecule has 0 spiro atoms. The normalized spacial score (nSPS) is 14.0. The second-order valence-electron chi connectivity index (χ2n) is 10.2. The van der Waals surface area contributed by atoms with Gasteiger partial charge in [0.25, 0.3) is 11.8 Å². The van der Waals surface area contributed by atoms with E-state index in [1.54, 1.807) is 42.5 Å². The van der Waals surface area contributed by atoms with Gasteiger partial charge in [-0.1, -0.05) is 32.4 Å². The molecule has 1 aliphatic rings. The van der Waals surface area contributed by atoms with Crippen molar-refractivity contribution >= 4 is 56.5 Å². The van der Waals surface area contributed by atoms with Crippen LogP contribution in [0, 0.1) is 11.3 Å². The first-order valence-electron chi connectivity index (χ1n) is 12.4. The van der Waals surface area contributed by atoms with Gasteiger partial charge >= 0.3 is 6.09 Å². The van der Waals surface area contributed by atoms with E-state index in [9.17, 15) is 19.5 Å². The van der Waals surface area contributed by atoms with Crippen LogP contribution in [-0.2, 0) is 11.3 Å². The van der Waals surface area contributed by atoms with Crippen molar-refractivity contribution in [2.75, 3.05) is 5.32 Å². The highest BCUT2D eigenvalue weighted by molar-refractivity contribution is 9.10. The van der Waals surface area contributed by atoms with Crippen LogP contribution in [-0.4, -0.2) is 39.7 Å². The van der Waals surface area contributed by atoms with Gasteiger partial charge in [0, 0.05) is 39.2 Å². The predicted molar refractivity (Wildman–Crippen MR) is 150 cm³/mol. The molecule has 198 valence electrons. The van der Waals surface area contributed by atoms with E-state index in [0.717, 1.165) is 12.6 Å². The first kappa shape index (κ1) is 27.3. The minimum absolute atomic E-state index is 0.0667. The molecule has 1 heterocycles. The monoisotopic (exact) mass is 579 g/mol. The third kappa shape index (κ3) is 5.03. The highest BCUT2D eigenvalue weighted by atomic mass is 79.9. The van der Waals surface area contributed by atoms with Crippen LogP contribution in [0.25, 0.3) is 10.8 Å². The van der Waals surface area contributed by atoms with E-state index < -0.39 is 11.6 Å². The fourth-order valence-electron chi connectivity index (χ4n) is 5.01. The van der Waals surface area contributed by atoms with Crippen molar-refractivity contribution < 1.29 is 24.2 Å². The summed E-state index contributed by atoms with van der Waals surface area (Å²) >= 11 is 3.22. The molecule has 0 aromatic heterocycles. The Hall–Kier alpha value is -3.72. The molecule has 9 heteroatoms. The number of phenols is 1. The lowest BCUT2D eigenvalue weighted by Crippen LogP contribution is -2.53. The second kappa shape index (κ2) is 10.6. The van der Waals surface area contributed by atoms with E-state index in [2.05, 4.69) is 35.1 Å². The molecule has 0 saturated heterocycles. The van der Waals surface area contributed by atoms with Gasteiger partial charge in [0.1, 0.15) is 12.4 Å². The summed E-state index contributed by atoms with van der Waals surface area (Å²) in [6.45, 7) is 7.95. The molecule has 1 atom stereocenters. The van der Waals surface area contributed by atoms with E-state index in [0.29, 0.717) is 50.0 Å². The van der Waals surface area contributed by atoms with Crippen molar-refractivity contribution in [3.05, 3.63) is 69.2 Å². The zero-order chi connectivity index (χ0) is 27.8. The second-order valence-corrected chi connectivity index (χ2v) is 11.1. The van der Waals surface area contributed by atoms with Crippen molar-refractivity contribution in [2.45, 2.75) is 52.7 Å². The molecule has 3 aromatic rings. The Morgan fingerprint density at radius 3 is 2.53 bits per heavy atom. The average Bonchev–Trinajstić information content (AvgIpc) is 2.87. The minimum Gasteiger partial charge on any atom is -0.506 e. The topological polar surface area (TPSA) is 120 Å². The quantitative estimate of drug-likeness (QED) is 0.199. The number of imide groups is 1. The van der Waals surface area contributed by atoms with Crippen LogP contribution in [0.3, 0.4) is 0 Å². The van der Waals surface area contributed by atoms with E-state index >= 15 is 0 Å². The molecule has 3 aromatic carbocycles. The molecule has 1 aliphatic heterocycles. The summed E-state index contributed by atoms with van der Waals surface area (Å²) in [6, 6.07) is 11.6. The number of carbonyl (C=O) groups is 3. The molecule has 3 amide bonds. The Morgan fingerprint density at radius 1 is 1.18 bits per heavy atom. The fourth-order valence-corrected chi connectivity index (χ4v) is 5.53. The average molecular weight is 580 g/mol. The first-order valence-corrected chi connectivity index (χ1v) is 13.2. The molecule has 0 aliphatic carbocycles. The summed E-state index contributed by atoms with van der Waals surface area (Å²) in [6.07, 6.45) is 1.92. The Labute approximate surface area is 229 Å². The third-order valence-corrected chi connectivity index (χ3v) is 7.58. The number of ether oxygens (including phenoxy) is 1. The summed E-state index contributed by atoms with van der Waals surface area (Å²) < 4.78 is 5.74. The minimum atomic E-state index is -0.726. The van der Waals surface area contributed by atoms with E-state index in [1.165, 1.54) is 4.90 Å². The number of halogens is 1. The maximum atomic E-state index is 13.6. The van der Waals surface area contributed by atoms with Crippen LogP contribution in [0.4, 0.5) is 10.5 Å². The number of anilines is 1. The van der Waals surface area contributed by atoms with Crippen LogP contribution in [0.15, 0.2) is 46.9 Å². The maximum absolute atomic E-state index is 13.6. The van der Waals surface area contributed by atoms with Crippen LogP contribution in [0.1, 0.15) is 72.4 Å². The van der Waals surface area contributed by atoms with Crippen molar-refractivity contribution in [3.63, 3.8) is 0 Å². The molecule has 1 unspecified atom stereocenters. The van der Waals surface area contributed by atoms with Gasteiger partial charge in [-0.3, -0.25) is 19.8 Å². The van der Waals surface area contributed by atoms with Crippen molar-refractivity contribution in [1.29, 1.82) is 5.41 Å². The molecule has 0 bridgehead atoms. The Balaban J connectivity index is 1.60. The largest absolute Gasteiger partial charge is 0.506 e. The zero-order valence-corrected chi connectivity index (χ0v) is 23.3. The maximum Gasteiger partial charge on any atom is 0.411 e. The zero-order valence-electron chi connectivity index (χ0n) is 21.7. The molecular weight excluding hydrogens is 550 g/mol. The summed E-state index contributed by atoms with van der Waals surface area (Å²) in [4.78, 5) is 41.2. The molecule has 8 nitrogen and oxygen atoms in total. The lowest BCUT2D eigenvalue weighted by Gasteiger charge is -2.41. The molecule has 38 heavy (non-hydrogen) atoms. The highest BCUT2D eigenvalue weighted by Gasteiger charge is 2.42. The number of rotatable bonds is 8. The number of hydrogen-bond acceptors (Lipinski definition) is 6. The number of aromatic hydroxyl groups is 1. The molecule has 0 fully saturated rings. The Kier molecular flexibility index (Phi) is 7.60. The number of nitrogens with one attached hydrogen (secondary N) is 2. The van der Waals surface area contributed by atoms with Crippen LogP contribution in [0.5, 0.6) is 5.75 Å². The predicted octanol–water partition coefficient (Wildman–Crippen LogP) is 6.87. The molecule has 4 rings (SSSR count). The summed E-state index contributed by atoms with van der Waals surface area (Å²) in [7, 11) is 0. The number of nitrogens with zero attached hydrogens (tertiary/aromatic N) is 1. The summed E-state index contributed by atoms with van der Waals surface area (Å²) in [5, 5.41) is 21.1. The van der Waals surface area contributed by atoms with Crippen molar-refractivity contribution in [1.82, 2.24) is 4.90 Å². The van der Waals surface area contributed by atoms with E-state index in [-0.39, 0.29) is 29.7 Å². The Morgan fingerprint density at radius 2 is 1.87 bits per heavy atom. The highest BCUT2D eigenvalue weighted by Crippen LogP contribution is 2.38. The number of benzene rings is 3. The molecule has 0 saturated carbocycles. The summed E-state index contributed by atoms with van der Waals surface area (Å²) in [5.74, 6) is -0.412. The van der Waals surface area contributed by atoms with E-state index in [4.69, 9.17) is 10.1 Å². The van der Waals surface area contributed by atoms with Crippen LogP contribution in [0.2, 0.25) is 0 Å². The van der Waals surface area contributed by atoms with Gasteiger partial charge in [-0.05, 0) is 78.0 Å². The van der Waals surface area contributed by atoms with Gasteiger partial charge in [0.2, 0.25) is 0 Å². The smallest absolute Gasteiger partial charge is 0.411 e. The summed E-state index contributed by atoms with van der Waals surface area (Å²) in [5.41, 5.74) is 1.45. The number of hydrogen-bond donors (Lipinski definition) is 3. The number of amides is 3. The Bertz CT molecular complexity index is 1440. The lowest BCUT2D eigenvalue weighted by atomic mass is 9.84. The molecule has 3 N–H and O–H groups in total. The standard InChI is InChI=1S/C29H30BrN3O5/c1-5-16(2)13-29(3,4)33-26(35)20-8-6-7-19-23(10-9-21(24(19)20)27(33)36)32-28(37)38-15-17-11-18(14-31)25(34)22(30)12-17/h6-12,14,16,31,34H,5,13,15H2,1-4H3,(H,32,37). The van der Waals surface area contributed by atoms with Crippen molar-refractivity contribution in [3.8, 4) is 5.75 Å². The SMILES string of the molecule is CCC(C)CC(C)(C)N1C(=O)c2cccc3c(NC(=O)OCc4cc(Br)c(O)c(C=N)c4)ccc(c23)C1=O. The van der Waals surface area contributed by atoms with Crippen molar-refractivity contribution in [2.24, 2.45) is 5.92 Å². The van der Waals surface area contributed by atoms with Gasteiger partial charge in [0.15, 0.2) is 0 Å². The van der Waals surface area contributed by atoms with E-state index in [1.807, 2.05) is 13.8 Å². The van der Waals surface area contributed by atoms with Gasteiger partial charge in [-0.15, -0.1) is 0 Å². The number of carbonyl (C=O) groups excluding carboxylic acids is 3. The van der Waals surface area contributed by atoms with Crippen LogP contribution >= 0.6 is 15.9 Å². The van der Waals surface area contributed by atoms with Gasteiger partial charge in [-0.2, -0.15) is 0 Å². The van der Waals surface area contributed by atoms with Gasteiger partial charge < -0.3 is 15.3 Å². The third-order valence-electron chi connectivity index (χ3n) is 6.97. The van der Waals surface area contributed by atoms with Gasteiger partial charge in [0.05, 0.1) is 10.2 Å². The first-order chi connectivity index (χ1) is 18.0.